The molecule has 1 aliphatic heterocycles. The van der Waals surface area contributed by atoms with Gasteiger partial charge in [-0.3, -0.25) is 4.79 Å². The largest absolute Gasteiger partial charge is 0.368 e. The molecular formula is C10H12N2O. The number of amides is 1. The van der Waals surface area contributed by atoms with E-state index in [0.717, 1.165) is 6.54 Å². The molecule has 0 saturated carbocycles. The molecule has 3 nitrogen and oxygen atoms in total. The molecule has 68 valence electrons. The SMILES string of the molecule is NC(=O)C1Cc2ccccc2CN1. The van der Waals surface area contributed by atoms with Gasteiger partial charge in [0.1, 0.15) is 0 Å². The average Bonchev–Trinajstić information content (AvgIpc) is 2.17. The summed E-state index contributed by atoms with van der Waals surface area (Å²) in [5.41, 5.74) is 7.71. The second-order valence-corrected chi connectivity index (χ2v) is 3.31. The first-order chi connectivity index (χ1) is 6.27. The fourth-order valence-corrected chi connectivity index (χ4v) is 1.66. The first-order valence-electron chi connectivity index (χ1n) is 4.37. The van der Waals surface area contributed by atoms with Gasteiger partial charge in [-0.15, -0.1) is 0 Å². The Bertz CT molecular complexity index is 335. The number of nitrogens with one attached hydrogen (secondary N) is 1. The lowest BCUT2D eigenvalue weighted by molar-refractivity contribution is -0.120. The summed E-state index contributed by atoms with van der Waals surface area (Å²) in [6, 6.07) is 7.91. The molecule has 0 aliphatic carbocycles. The monoisotopic (exact) mass is 176 g/mol. The molecule has 0 saturated heterocycles. The lowest BCUT2D eigenvalue weighted by atomic mass is 9.96. The van der Waals surface area contributed by atoms with Crippen molar-refractivity contribution in [3.63, 3.8) is 0 Å². The van der Waals surface area contributed by atoms with Gasteiger partial charge < -0.3 is 11.1 Å². The minimum absolute atomic E-state index is 0.199. The summed E-state index contributed by atoms with van der Waals surface area (Å²) in [7, 11) is 0. The zero-order valence-electron chi connectivity index (χ0n) is 7.29. The van der Waals surface area contributed by atoms with E-state index in [-0.39, 0.29) is 11.9 Å². The number of primary amides is 1. The number of rotatable bonds is 1. The highest BCUT2D eigenvalue weighted by atomic mass is 16.1. The molecule has 1 aromatic carbocycles. The Balaban J connectivity index is 2.24. The maximum absolute atomic E-state index is 10.9. The Kier molecular flexibility index (Phi) is 2.02. The van der Waals surface area contributed by atoms with Crippen LogP contribution in [0.25, 0.3) is 0 Å². The van der Waals surface area contributed by atoms with Crippen LogP contribution in [0.15, 0.2) is 24.3 Å². The van der Waals surface area contributed by atoms with E-state index in [1.165, 1.54) is 11.1 Å². The highest BCUT2D eigenvalue weighted by molar-refractivity contribution is 5.80. The second-order valence-electron chi connectivity index (χ2n) is 3.31. The number of benzene rings is 1. The first-order valence-corrected chi connectivity index (χ1v) is 4.37. The predicted octanol–water partition coefficient (Wildman–Crippen LogP) is 0.186. The van der Waals surface area contributed by atoms with Crippen LogP contribution in [0.2, 0.25) is 0 Å². The fourth-order valence-electron chi connectivity index (χ4n) is 1.66. The minimum atomic E-state index is -0.269. The zero-order chi connectivity index (χ0) is 9.26. The molecule has 0 fully saturated rings. The number of carbonyl (C=O) groups excluding carboxylic acids is 1. The van der Waals surface area contributed by atoms with E-state index in [9.17, 15) is 4.79 Å². The second kappa shape index (κ2) is 3.18. The Morgan fingerprint density at radius 1 is 1.38 bits per heavy atom. The third kappa shape index (κ3) is 1.55. The van der Waals surface area contributed by atoms with Crippen molar-refractivity contribution in [2.75, 3.05) is 0 Å². The van der Waals surface area contributed by atoms with E-state index in [0.29, 0.717) is 6.42 Å². The molecule has 1 aliphatic rings. The van der Waals surface area contributed by atoms with Crippen LogP contribution >= 0.6 is 0 Å². The van der Waals surface area contributed by atoms with Gasteiger partial charge in [-0.25, -0.2) is 0 Å². The van der Waals surface area contributed by atoms with Gasteiger partial charge in [-0.05, 0) is 17.5 Å². The van der Waals surface area contributed by atoms with Crippen molar-refractivity contribution >= 4 is 5.91 Å². The van der Waals surface area contributed by atoms with Crippen molar-refractivity contribution < 1.29 is 4.79 Å². The molecule has 1 aromatic rings. The topological polar surface area (TPSA) is 55.1 Å². The Morgan fingerprint density at radius 3 is 2.77 bits per heavy atom. The lowest BCUT2D eigenvalue weighted by Gasteiger charge is -2.23. The van der Waals surface area contributed by atoms with Crippen molar-refractivity contribution in [3.8, 4) is 0 Å². The molecule has 0 spiro atoms. The third-order valence-corrected chi connectivity index (χ3v) is 2.42. The number of carbonyl (C=O) groups is 1. The van der Waals surface area contributed by atoms with E-state index < -0.39 is 0 Å². The molecular weight excluding hydrogens is 164 g/mol. The molecule has 3 N–H and O–H groups in total. The summed E-state index contributed by atoms with van der Waals surface area (Å²) in [4.78, 5) is 10.9. The van der Waals surface area contributed by atoms with Gasteiger partial charge in [0.25, 0.3) is 0 Å². The highest BCUT2D eigenvalue weighted by Crippen LogP contribution is 2.15. The van der Waals surface area contributed by atoms with Crippen molar-refractivity contribution in [2.24, 2.45) is 5.73 Å². The van der Waals surface area contributed by atoms with Crippen LogP contribution in [0.3, 0.4) is 0 Å². The van der Waals surface area contributed by atoms with Gasteiger partial charge in [0, 0.05) is 6.54 Å². The lowest BCUT2D eigenvalue weighted by Crippen LogP contribution is -2.45. The van der Waals surface area contributed by atoms with Gasteiger partial charge in [-0.2, -0.15) is 0 Å². The first kappa shape index (κ1) is 8.26. The standard InChI is InChI=1S/C10H12N2O/c11-10(13)9-5-7-3-1-2-4-8(7)6-12-9/h1-4,9,12H,5-6H2,(H2,11,13). The van der Waals surface area contributed by atoms with Crippen LogP contribution in [0, 0.1) is 0 Å². The number of hydrogen-bond acceptors (Lipinski definition) is 2. The molecule has 3 heteroatoms. The molecule has 1 atom stereocenters. The average molecular weight is 176 g/mol. The quantitative estimate of drug-likeness (QED) is 0.641. The molecule has 1 amide bonds. The maximum Gasteiger partial charge on any atom is 0.234 e. The smallest absolute Gasteiger partial charge is 0.234 e. The fraction of sp³-hybridized carbons (Fsp3) is 0.300. The van der Waals surface area contributed by atoms with E-state index in [2.05, 4.69) is 11.4 Å². The predicted molar refractivity (Wildman–Crippen MR) is 50.0 cm³/mol. The molecule has 1 unspecified atom stereocenters. The van der Waals surface area contributed by atoms with Crippen LogP contribution in [0.4, 0.5) is 0 Å². The number of hydrogen-bond donors (Lipinski definition) is 2. The number of nitrogens with two attached hydrogens (primary N) is 1. The molecule has 1 heterocycles. The van der Waals surface area contributed by atoms with Crippen LogP contribution in [-0.4, -0.2) is 11.9 Å². The Hall–Kier alpha value is -1.35. The van der Waals surface area contributed by atoms with Crippen molar-refractivity contribution in [3.05, 3.63) is 35.4 Å². The summed E-state index contributed by atoms with van der Waals surface area (Å²) >= 11 is 0. The summed E-state index contributed by atoms with van der Waals surface area (Å²) < 4.78 is 0. The summed E-state index contributed by atoms with van der Waals surface area (Å²) in [5.74, 6) is -0.269. The van der Waals surface area contributed by atoms with Crippen molar-refractivity contribution in [1.29, 1.82) is 0 Å². The minimum Gasteiger partial charge on any atom is -0.368 e. The van der Waals surface area contributed by atoms with E-state index in [4.69, 9.17) is 5.73 Å². The summed E-state index contributed by atoms with van der Waals surface area (Å²) in [5, 5.41) is 3.10. The van der Waals surface area contributed by atoms with Gasteiger partial charge in [-0.1, -0.05) is 24.3 Å². The molecule has 0 radical (unpaired) electrons. The van der Waals surface area contributed by atoms with Crippen LogP contribution in [0.5, 0.6) is 0 Å². The normalized spacial score (nSPS) is 20.8. The van der Waals surface area contributed by atoms with E-state index in [1.54, 1.807) is 0 Å². The molecule has 0 bridgehead atoms. The summed E-state index contributed by atoms with van der Waals surface area (Å²) in [6.07, 6.45) is 0.714. The van der Waals surface area contributed by atoms with Crippen LogP contribution < -0.4 is 11.1 Å². The van der Waals surface area contributed by atoms with E-state index >= 15 is 0 Å². The Labute approximate surface area is 76.9 Å². The van der Waals surface area contributed by atoms with Gasteiger partial charge in [0.05, 0.1) is 6.04 Å². The van der Waals surface area contributed by atoms with Crippen molar-refractivity contribution in [2.45, 2.75) is 19.0 Å². The van der Waals surface area contributed by atoms with E-state index in [1.807, 2.05) is 18.2 Å². The van der Waals surface area contributed by atoms with Crippen LogP contribution in [0.1, 0.15) is 11.1 Å². The molecule has 0 aromatic heterocycles. The van der Waals surface area contributed by atoms with Crippen LogP contribution in [-0.2, 0) is 17.8 Å². The summed E-state index contributed by atoms with van der Waals surface area (Å²) in [6.45, 7) is 0.740. The zero-order valence-corrected chi connectivity index (χ0v) is 7.29. The maximum atomic E-state index is 10.9. The van der Waals surface area contributed by atoms with Gasteiger partial charge >= 0.3 is 0 Å². The van der Waals surface area contributed by atoms with Crippen molar-refractivity contribution in [1.82, 2.24) is 5.32 Å². The van der Waals surface area contributed by atoms with Gasteiger partial charge in [0.2, 0.25) is 5.91 Å². The van der Waals surface area contributed by atoms with Gasteiger partial charge in [0.15, 0.2) is 0 Å². The molecule has 2 rings (SSSR count). The highest BCUT2D eigenvalue weighted by Gasteiger charge is 2.21. The third-order valence-electron chi connectivity index (χ3n) is 2.42. The molecule has 13 heavy (non-hydrogen) atoms. The number of fused-ring (bicyclic) bond motifs is 1. The Morgan fingerprint density at radius 2 is 2.08 bits per heavy atom.